The summed E-state index contributed by atoms with van der Waals surface area (Å²) in [6.07, 6.45) is 5.35. The lowest BCUT2D eigenvalue weighted by atomic mass is 10.0. The SMILES string of the molecule is C#CC(C)N1C(=O)N=C(N)C1c1ccc(OC)c(F)c1. The summed E-state index contributed by atoms with van der Waals surface area (Å²) in [4.78, 5) is 16.9. The number of amides is 2. The van der Waals surface area contributed by atoms with E-state index in [-0.39, 0.29) is 11.6 Å². The summed E-state index contributed by atoms with van der Waals surface area (Å²) in [5.74, 6) is 2.13. The number of hydrogen-bond acceptors (Lipinski definition) is 3. The summed E-state index contributed by atoms with van der Waals surface area (Å²) in [7, 11) is 1.37. The highest BCUT2D eigenvalue weighted by Gasteiger charge is 2.37. The summed E-state index contributed by atoms with van der Waals surface area (Å²) in [6, 6.07) is 2.69. The van der Waals surface area contributed by atoms with Crippen LogP contribution in [0.1, 0.15) is 18.5 Å². The smallest absolute Gasteiger partial charge is 0.347 e. The number of ether oxygens (including phenoxy) is 1. The minimum absolute atomic E-state index is 0.0988. The quantitative estimate of drug-likeness (QED) is 0.853. The van der Waals surface area contributed by atoms with Gasteiger partial charge in [-0.1, -0.05) is 12.0 Å². The fraction of sp³-hybridized carbons (Fsp3) is 0.286. The number of nitrogens with zero attached hydrogens (tertiary/aromatic N) is 2. The van der Waals surface area contributed by atoms with Crippen molar-refractivity contribution in [2.24, 2.45) is 10.7 Å². The maximum atomic E-state index is 13.8. The first-order valence-corrected chi connectivity index (χ1v) is 5.95. The van der Waals surface area contributed by atoms with Gasteiger partial charge in [-0.15, -0.1) is 6.42 Å². The van der Waals surface area contributed by atoms with Crippen molar-refractivity contribution in [1.29, 1.82) is 0 Å². The molecule has 0 aliphatic carbocycles. The zero-order valence-electron chi connectivity index (χ0n) is 11.1. The van der Waals surface area contributed by atoms with Crippen LogP contribution in [-0.4, -0.2) is 29.9 Å². The van der Waals surface area contributed by atoms with Gasteiger partial charge >= 0.3 is 6.03 Å². The number of nitrogens with two attached hydrogens (primary N) is 1. The Morgan fingerprint density at radius 1 is 1.60 bits per heavy atom. The molecule has 104 valence electrons. The molecular formula is C14H14FN3O2. The normalized spacial score (nSPS) is 19.5. The number of halogens is 1. The monoisotopic (exact) mass is 275 g/mol. The fourth-order valence-corrected chi connectivity index (χ4v) is 2.14. The largest absolute Gasteiger partial charge is 0.494 e. The number of methoxy groups -OCH3 is 1. The Labute approximate surface area is 116 Å². The van der Waals surface area contributed by atoms with Crippen molar-refractivity contribution < 1.29 is 13.9 Å². The van der Waals surface area contributed by atoms with Gasteiger partial charge in [-0.2, -0.15) is 4.99 Å². The molecule has 1 heterocycles. The molecule has 5 nitrogen and oxygen atoms in total. The third kappa shape index (κ3) is 2.18. The topological polar surface area (TPSA) is 67.9 Å². The molecule has 20 heavy (non-hydrogen) atoms. The zero-order valence-corrected chi connectivity index (χ0v) is 11.1. The predicted molar refractivity (Wildman–Crippen MR) is 72.8 cm³/mol. The minimum Gasteiger partial charge on any atom is -0.494 e. The Balaban J connectivity index is 2.44. The fourth-order valence-electron chi connectivity index (χ4n) is 2.14. The Hall–Kier alpha value is -2.55. The van der Waals surface area contributed by atoms with Gasteiger partial charge in [-0.05, 0) is 24.6 Å². The van der Waals surface area contributed by atoms with Gasteiger partial charge in [-0.25, -0.2) is 9.18 Å². The molecular weight excluding hydrogens is 261 g/mol. The van der Waals surface area contributed by atoms with Gasteiger partial charge in [0.2, 0.25) is 0 Å². The number of rotatable bonds is 3. The van der Waals surface area contributed by atoms with Crippen molar-refractivity contribution >= 4 is 11.9 Å². The number of terminal acetylenes is 1. The molecule has 2 atom stereocenters. The van der Waals surface area contributed by atoms with Crippen molar-refractivity contribution in [2.75, 3.05) is 7.11 Å². The van der Waals surface area contributed by atoms with Gasteiger partial charge in [0.15, 0.2) is 11.6 Å². The first kappa shape index (κ1) is 13.9. The summed E-state index contributed by atoms with van der Waals surface area (Å²) in [5.41, 5.74) is 6.27. The van der Waals surface area contributed by atoms with E-state index in [0.717, 1.165) is 0 Å². The molecule has 0 saturated heterocycles. The van der Waals surface area contributed by atoms with Gasteiger partial charge in [-0.3, -0.25) is 4.90 Å². The van der Waals surface area contributed by atoms with E-state index in [9.17, 15) is 9.18 Å². The second kappa shape index (κ2) is 5.21. The molecule has 2 N–H and O–H groups in total. The Morgan fingerprint density at radius 2 is 2.30 bits per heavy atom. The first-order valence-electron chi connectivity index (χ1n) is 5.95. The highest BCUT2D eigenvalue weighted by atomic mass is 19.1. The Morgan fingerprint density at radius 3 is 2.85 bits per heavy atom. The average molecular weight is 275 g/mol. The van der Waals surface area contributed by atoms with E-state index in [0.29, 0.717) is 5.56 Å². The second-order valence-corrected chi connectivity index (χ2v) is 4.37. The van der Waals surface area contributed by atoms with Gasteiger partial charge in [0.25, 0.3) is 0 Å². The van der Waals surface area contributed by atoms with Crippen molar-refractivity contribution in [2.45, 2.75) is 19.0 Å². The lowest BCUT2D eigenvalue weighted by Crippen LogP contribution is -2.39. The average Bonchev–Trinajstić information content (AvgIpc) is 2.72. The van der Waals surface area contributed by atoms with E-state index in [1.807, 2.05) is 0 Å². The van der Waals surface area contributed by atoms with Crippen LogP contribution in [0.5, 0.6) is 5.75 Å². The van der Waals surface area contributed by atoms with Crippen LogP contribution >= 0.6 is 0 Å². The summed E-state index contributed by atoms with van der Waals surface area (Å²) < 4.78 is 18.6. The minimum atomic E-state index is -0.658. The lowest BCUT2D eigenvalue weighted by Gasteiger charge is -2.27. The number of carbonyl (C=O) groups excluding carboxylic acids is 1. The summed E-state index contributed by atoms with van der Waals surface area (Å²) in [6.45, 7) is 1.68. The standard InChI is InChI=1S/C14H14FN3O2/c1-4-8(2)18-12(13(16)17-14(18)19)9-5-6-11(20-3)10(15)7-9/h1,5-8,12H,2-3H3,(H2,16,17,19). The molecule has 2 rings (SSSR count). The molecule has 0 fully saturated rings. The van der Waals surface area contributed by atoms with Crippen LogP contribution in [0.4, 0.5) is 9.18 Å². The molecule has 1 aliphatic heterocycles. The lowest BCUT2D eigenvalue weighted by molar-refractivity contribution is 0.199. The summed E-state index contributed by atoms with van der Waals surface area (Å²) in [5, 5.41) is 0. The molecule has 0 spiro atoms. The first-order chi connectivity index (χ1) is 9.49. The second-order valence-electron chi connectivity index (χ2n) is 4.37. The molecule has 6 heteroatoms. The van der Waals surface area contributed by atoms with Crippen molar-refractivity contribution in [3.05, 3.63) is 29.6 Å². The molecule has 2 unspecified atom stereocenters. The van der Waals surface area contributed by atoms with Crippen molar-refractivity contribution in [3.63, 3.8) is 0 Å². The van der Waals surface area contributed by atoms with Crippen LogP contribution < -0.4 is 10.5 Å². The number of amidine groups is 1. The summed E-state index contributed by atoms with van der Waals surface area (Å²) >= 11 is 0. The zero-order chi connectivity index (χ0) is 14.9. The maximum Gasteiger partial charge on any atom is 0.347 e. The van der Waals surface area contributed by atoms with E-state index in [2.05, 4.69) is 10.9 Å². The van der Waals surface area contributed by atoms with E-state index in [1.54, 1.807) is 13.0 Å². The molecule has 0 saturated carbocycles. The van der Waals surface area contributed by atoms with E-state index < -0.39 is 23.9 Å². The molecule has 1 aromatic carbocycles. The van der Waals surface area contributed by atoms with Crippen molar-refractivity contribution in [3.8, 4) is 18.1 Å². The number of hydrogen-bond donors (Lipinski definition) is 1. The third-order valence-electron chi connectivity index (χ3n) is 3.15. The van der Waals surface area contributed by atoms with Crippen LogP contribution in [0, 0.1) is 18.2 Å². The maximum absolute atomic E-state index is 13.8. The van der Waals surface area contributed by atoms with E-state index >= 15 is 0 Å². The van der Waals surface area contributed by atoms with Gasteiger partial charge < -0.3 is 10.5 Å². The van der Waals surface area contributed by atoms with Crippen LogP contribution in [0.3, 0.4) is 0 Å². The van der Waals surface area contributed by atoms with Gasteiger partial charge in [0.1, 0.15) is 11.9 Å². The Bertz CT molecular complexity index is 621. The number of carbonyl (C=O) groups is 1. The van der Waals surface area contributed by atoms with E-state index in [1.165, 1.54) is 24.1 Å². The number of aliphatic imine (C=N–C) groups is 1. The molecule has 0 radical (unpaired) electrons. The van der Waals surface area contributed by atoms with Crippen LogP contribution in [0.15, 0.2) is 23.2 Å². The molecule has 2 amide bonds. The van der Waals surface area contributed by atoms with Crippen molar-refractivity contribution in [1.82, 2.24) is 4.90 Å². The van der Waals surface area contributed by atoms with E-state index in [4.69, 9.17) is 16.9 Å². The van der Waals surface area contributed by atoms with Crippen LogP contribution in [0.2, 0.25) is 0 Å². The molecule has 1 aromatic rings. The molecule has 0 aromatic heterocycles. The molecule has 0 bridgehead atoms. The highest BCUT2D eigenvalue weighted by Crippen LogP contribution is 2.31. The van der Waals surface area contributed by atoms with Gasteiger partial charge in [0, 0.05) is 0 Å². The van der Waals surface area contributed by atoms with Crippen LogP contribution in [-0.2, 0) is 0 Å². The van der Waals surface area contributed by atoms with Crippen LogP contribution in [0.25, 0.3) is 0 Å². The van der Waals surface area contributed by atoms with Gasteiger partial charge in [0.05, 0.1) is 13.2 Å². The predicted octanol–water partition coefficient (Wildman–Crippen LogP) is 1.69. The molecule has 1 aliphatic rings. The highest BCUT2D eigenvalue weighted by molar-refractivity contribution is 6.03. The number of urea groups is 1. The third-order valence-corrected chi connectivity index (χ3v) is 3.15. The number of benzene rings is 1. The Kier molecular flexibility index (Phi) is 3.61.